The van der Waals surface area contributed by atoms with Crippen molar-refractivity contribution in [1.82, 2.24) is 0 Å². The van der Waals surface area contributed by atoms with Crippen LogP contribution in [0.5, 0.6) is 0 Å². The highest BCUT2D eigenvalue weighted by Gasteiger charge is 2.78. The van der Waals surface area contributed by atoms with Gasteiger partial charge in [-0.15, -0.1) is 0 Å². The molecular weight excluding hydrogens is 733 g/mol. The lowest BCUT2D eigenvalue weighted by molar-refractivity contribution is -0.153. The van der Waals surface area contributed by atoms with Crippen molar-refractivity contribution >= 4 is 0 Å². The molecule has 0 radical (unpaired) electrons. The summed E-state index contributed by atoms with van der Waals surface area (Å²) in [5.74, 6) is 3.33. The smallest absolute Gasteiger partial charge is 0.0356 e. The molecule has 4 saturated carbocycles. The van der Waals surface area contributed by atoms with Crippen molar-refractivity contribution in [2.45, 2.75) is 250 Å². The van der Waals surface area contributed by atoms with Crippen molar-refractivity contribution in [2.75, 3.05) is 0 Å². The molecule has 0 aromatic heterocycles. The molecule has 0 N–H and O–H groups in total. The predicted octanol–water partition coefficient (Wildman–Crippen LogP) is 18.9. The summed E-state index contributed by atoms with van der Waals surface area (Å²) in [6.07, 6.45) is 78.9. The van der Waals surface area contributed by atoms with Crippen LogP contribution in [-0.2, 0) is 0 Å². The number of hydrogen-bond donors (Lipinski definition) is 0. The van der Waals surface area contributed by atoms with Crippen molar-refractivity contribution in [2.24, 2.45) is 45.3 Å². The first kappa shape index (κ1) is 43.1. The van der Waals surface area contributed by atoms with Crippen LogP contribution in [0.4, 0.5) is 0 Å². The number of rotatable bonds is 9. The Kier molecular flexibility index (Phi) is 13.7. The summed E-state index contributed by atoms with van der Waals surface area (Å²) in [4.78, 5) is 0. The fraction of sp³-hybridized carbons (Fsp3) is 0.770. The van der Waals surface area contributed by atoms with E-state index >= 15 is 0 Å². The van der Waals surface area contributed by atoms with E-state index in [4.69, 9.17) is 0 Å². The van der Waals surface area contributed by atoms with Crippen LogP contribution in [0.1, 0.15) is 250 Å². The molecule has 0 amide bonds. The second-order valence-electron chi connectivity index (χ2n) is 23.1. The molecule has 0 nitrogen and oxygen atoms in total. The van der Waals surface area contributed by atoms with Gasteiger partial charge in [0.2, 0.25) is 0 Å². The van der Waals surface area contributed by atoms with Crippen LogP contribution in [0, 0.1) is 45.3 Å². The Morgan fingerprint density at radius 3 is 1.61 bits per heavy atom. The van der Waals surface area contributed by atoms with Crippen LogP contribution in [0.3, 0.4) is 0 Å². The zero-order chi connectivity index (χ0) is 41.0. The lowest BCUT2D eigenvalue weighted by Crippen LogP contribution is -2.68. The zero-order valence-electron chi connectivity index (χ0n) is 39.5. The summed E-state index contributed by atoms with van der Waals surface area (Å²) in [5, 5.41) is 0. The molecule has 0 saturated heterocycles. The fourth-order valence-corrected chi connectivity index (χ4v) is 18.8. The van der Waals surface area contributed by atoms with Gasteiger partial charge in [0.1, 0.15) is 0 Å². The summed E-state index contributed by atoms with van der Waals surface area (Å²) in [6, 6.07) is 0. The summed E-state index contributed by atoms with van der Waals surface area (Å²) in [5.41, 5.74) is 12.6. The van der Waals surface area contributed by atoms with Gasteiger partial charge in [0.05, 0.1) is 0 Å². The van der Waals surface area contributed by atoms with Crippen molar-refractivity contribution < 1.29 is 0 Å². The Bertz CT molecular complexity index is 1740. The summed E-state index contributed by atoms with van der Waals surface area (Å²) >= 11 is 0. The van der Waals surface area contributed by atoms with E-state index in [0.717, 1.165) is 17.8 Å². The Morgan fingerprint density at radius 1 is 0.410 bits per heavy atom. The van der Waals surface area contributed by atoms with Crippen molar-refractivity contribution in [3.05, 3.63) is 82.0 Å². The molecule has 0 heterocycles. The first-order valence-corrected chi connectivity index (χ1v) is 28.1. The first-order chi connectivity index (χ1) is 30.3. The number of hydrogen-bond acceptors (Lipinski definition) is 0. The monoisotopic (exact) mass is 823 g/mol. The van der Waals surface area contributed by atoms with Crippen molar-refractivity contribution in [1.29, 1.82) is 0 Å². The molecule has 0 aromatic rings. The third kappa shape index (κ3) is 7.16. The third-order valence-electron chi connectivity index (χ3n) is 20.7. The van der Waals surface area contributed by atoms with E-state index in [1.165, 1.54) is 238 Å². The highest BCUT2D eigenvalue weighted by Crippen LogP contribution is 2.85. The lowest BCUT2D eigenvalue weighted by atomic mass is 9.28. The molecular formula is C61H90. The third-order valence-corrected chi connectivity index (χ3v) is 20.7. The molecule has 10 rings (SSSR count). The molecule has 0 heteroatoms. The summed E-state index contributed by atoms with van der Waals surface area (Å²) in [6.45, 7) is 0. The molecule has 4 fully saturated rings. The molecule has 334 valence electrons. The molecule has 0 spiro atoms. The van der Waals surface area contributed by atoms with Gasteiger partial charge >= 0.3 is 0 Å². The minimum absolute atomic E-state index is 0.0349. The van der Waals surface area contributed by atoms with Gasteiger partial charge in [0.25, 0.3) is 0 Å². The average Bonchev–Trinajstić information content (AvgIpc) is 4.02. The van der Waals surface area contributed by atoms with Crippen molar-refractivity contribution in [3.63, 3.8) is 0 Å². The predicted molar refractivity (Wildman–Crippen MR) is 261 cm³/mol. The Morgan fingerprint density at radius 2 is 0.951 bits per heavy atom. The Labute approximate surface area is 376 Å². The Balaban J connectivity index is 1.40. The second kappa shape index (κ2) is 19.3. The van der Waals surface area contributed by atoms with Crippen LogP contribution in [0.15, 0.2) is 82.0 Å². The van der Waals surface area contributed by atoms with E-state index in [1.54, 1.807) is 12.8 Å². The molecule has 0 aliphatic heterocycles. The highest BCUT2D eigenvalue weighted by atomic mass is 14.8. The topological polar surface area (TPSA) is 0 Å². The maximum Gasteiger partial charge on any atom is 0.0356 e. The highest BCUT2D eigenvalue weighted by molar-refractivity contribution is 5.58. The quantitative estimate of drug-likeness (QED) is 0.161. The molecule has 10 aliphatic carbocycles. The second-order valence-corrected chi connectivity index (χ2v) is 23.1. The van der Waals surface area contributed by atoms with Gasteiger partial charge in [-0.3, -0.25) is 0 Å². The van der Waals surface area contributed by atoms with E-state index < -0.39 is 0 Å². The maximum atomic E-state index is 3.06. The van der Waals surface area contributed by atoms with Gasteiger partial charge in [-0.25, -0.2) is 0 Å². The lowest BCUT2D eigenvalue weighted by Gasteiger charge is -2.74. The van der Waals surface area contributed by atoms with E-state index in [1.807, 2.05) is 27.9 Å². The normalized spacial score (nSPS) is 38.9. The first-order valence-electron chi connectivity index (χ1n) is 28.1. The average molecular weight is 823 g/mol. The number of allylic oxidation sites excluding steroid dienone is 14. The summed E-state index contributed by atoms with van der Waals surface area (Å²) in [7, 11) is 0. The summed E-state index contributed by atoms with van der Waals surface area (Å²) < 4.78 is 0. The van der Waals surface area contributed by atoms with Crippen LogP contribution in [0.2, 0.25) is 0 Å². The molecule has 61 heavy (non-hydrogen) atoms. The van der Waals surface area contributed by atoms with E-state index in [-0.39, 0.29) is 16.2 Å². The zero-order valence-corrected chi connectivity index (χ0v) is 39.5. The molecule has 0 bridgehead atoms. The van der Waals surface area contributed by atoms with Gasteiger partial charge in [-0.1, -0.05) is 178 Å². The molecule has 6 atom stereocenters. The van der Waals surface area contributed by atoms with E-state index in [9.17, 15) is 0 Å². The standard InChI is InChI=1S/C61H90/c1-3-13-32-50(33-14-4-1)58(46-26-44-56(58)48-28-11-9-12-29-48)59(51-42-25-43-51)47-27-45-57(49-30-21-22-31-49)60(53-36-17-7-8-18-37-53,52-34-15-5-2-6-16-35-52)61(59,55-40-23-24-41-55)54-38-19-10-20-39-54/h21-22,30,34,36,38,40,42,48,50,56-57H,1-20,23-29,31-33,35,37,39,41,43-47H2. The van der Waals surface area contributed by atoms with Crippen LogP contribution < -0.4 is 0 Å². The van der Waals surface area contributed by atoms with Crippen molar-refractivity contribution in [3.8, 4) is 0 Å². The van der Waals surface area contributed by atoms with Crippen LogP contribution >= 0.6 is 0 Å². The van der Waals surface area contributed by atoms with E-state index in [2.05, 4.69) is 54.2 Å². The van der Waals surface area contributed by atoms with Gasteiger partial charge in [0, 0.05) is 16.2 Å². The molecule has 0 aromatic carbocycles. The minimum Gasteiger partial charge on any atom is -0.0844 e. The minimum atomic E-state index is 0.0349. The fourth-order valence-electron chi connectivity index (χ4n) is 18.8. The Hall–Kier alpha value is -1.82. The van der Waals surface area contributed by atoms with Gasteiger partial charge in [0.15, 0.2) is 0 Å². The van der Waals surface area contributed by atoms with E-state index in [0.29, 0.717) is 11.3 Å². The van der Waals surface area contributed by atoms with Gasteiger partial charge < -0.3 is 0 Å². The largest absolute Gasteiger partial charge is 0.0844 e. The van der Waals surface area contributed by atoms with Crippen LogP contribution in [0.25, 0.3) is 0 Å². The molecule has 10 aliphatic rings. The SMILES string of the molecule is C1=CCC(C2CCCC(C3=CCC3)(C3(C4CCCCCCC4)CCCC3C3CCCCC3)C(C3=CCCC3)(C3=CCCCC3)C2(C2=CCCCCC2)C2=CCCCCCC2)=C1. The molecule has 6 unspecified atom stereocenters. The maximum absolute atomic E-state index is 3.06. The van der Waals surface area contributed by atoms with Gasteiger partial charge in [-0.05, 0) is 183 Å². The van der Waals surface area contributed by atoms with Crippen LogP contribution in [-0.4, -0.2) is 0 Å². The van der Waals surface area contributed by atoms with Gasteiger partial charge in [-0.2, -0.15) is 0 Å².